The smallest absolute Gasteiger partial charge is 0.353 e. The summed E-state index contributed by atoms with van der Waals surface area (Å²) in [6, 6.07) is 9.34. The molecule has 1 N–H and O–H groups in total. The van der Waals surface area contributed by atoms with Crippen molar-refractivity contribution < 1.29 is 18.0 Å². The third-order valence-electron chi connectivity index (χ3n) is 3.28. The predicted octanol–water partition coefficient (Wildman–Crippen LogP) is 4.98. The molecular formula is C16H8BrF3NO. The van der Waals surface area contributed by atoms with Gasteiger partial charge >= 0.3 is 6.18 Å². The Bertz CT molecular complexity index is 850. The van der Waals surface area contributed by atoms with Crippen molar-refractivity contribution >= 4 is 32.6 Å². The number of halogens is 4. The highest BCUT2D eigenvalue weighted by molar-refractivity contribution is 9.10. The van der Waals surface area contributed by atoms with Gasteiger partial charge in [-0.1, -0.05) is 28.1 Å². The molecule has 0 saturated heterocycles. The zero-order valence-corrected chi connectivity index (χ0v) is 12.5. The number of hydrogen-bond donors (Lipinski definition) is 1. The van der Waals surface area contributed by atoms with E-state index in [9.17, 15) is 18.0 Å². The predicted molar refractivity (Wildman–Crippen MR) is 79.7 cm³/mol. The van der Waals surface area contributed by atoms with Crippen molar-refractivity contribution in [1.82, 2.24) is 4.98 Å². The van der Waals surface area contributed by atoms with E-state index in [1.807, 2.05) is 6.07 Å². The van der Waals surface area contributed by atoms with Gasteiger partial charge in [0.05, 0.1) is 17.3 Å². The third-order valence-corrected chi connectivity index (χ3v) is 3.74. The number of benzene rings is 2. The Kier molecular flexibility index (Phi) is 3.56. The second-order valence-corrected chi connectivity index (χ2v) is 5.65. The van der Waals surface area contributed by atoms with Gasteiger partial charge in [-0.05, 0) is 30.3 Å². The van der Waals surface area contributed by atoms with Gasteiger partial charge in [0.2, 0.25) is 0 Å². The van der Waals surface area contributed by atoms with Crippen molar-refractivity contribution in [3.05, 3.63) is 69.8 Å². The van der Waals surface area contributed by atoms with Crippen molar-refractivity contribution in [2.45, 2.75) is 6.18 Å². The second kappa shape index (κ2) is 5.28. The number of H-pyrrole nitrogens is 1. The van der Waals surface area contributed by atoms with Gasteiger partial charge in [0.15, 0.2) is 5.78 Å². The zero-order chi connectivity index (χ0) is 15.9. The summed E-state index contributed by atoms with van der Waals surface area (Å²) in [6.45, 7) is 0. The molecule has 2 aromatic carbocycles. The van der Waals surface area contributed by atoms with Crippen molar-refractivity contribution in [3.8, 4) is 0 Å². The lowest BCUT2D eigenvalue weighted by Crippen LogP contribution is -2.07. The molecule has 0 unspecified atom stereocenters. The van der Waals surface area contributed by atoms with Crippen LogP contribution in [0.1, 0.15) is 21.5 Å². The summed E-state index contributed by atoms with van der Waals surface area (Å²) in [5.74, 6) is -0.351. The highest BCUT2D eigenvalue weighted by Crippen LogP contribution is 2.30. The van der Waals surface area contributed by atoms with E-state index in [2.05, 4.69) is 27.1 Å². The molecule has 0 aliphatic rings. The lowest BCUT2D eigenvalue weighted by Gasteiger charge is -2.08. The Morgan fingerprint density at radius 2 is 1.82 bits per heavy atom. The first-order valence-corrected chi connectivity index (χ1v) is 7.06. The minimum atomic E-state index is -4.42. The minimum Gasteiger partial charge on any atom is -0.353 e. The van der Waals surface area contributed by atoms with E-state index in [1.54, 1.807) is 12.1 Å². The molecule has 111 valence electrons. The second-order valence-electron chi connectivity index (χ2n) is 4.74. The Balaban J connectivity index is 2.04. The van der Waals surface area contributed by atoms with Crippen molar-refractivity contribution in [3.63, 3.8) is 0 Å². The Morgan fingerprint density at radius 1 is 1.14 bits per heavy atom. The summed E-state index contributed by atoms with van der Waals surface area (Å²) < 4.78 is 38.4. The summed E-state index contributed by atoms with van der Waals surface area (Å²) in [5.41, 5.74) is 0.400. The van der Waals surface area contributed by atoms with Crippen LogP contribution in [0, 0.1) is 6.20 Å². The molecule has 2 nitrogen and oxygen atoms in total. The summed E-state index contributed by atoms with van der Waals surface area (Å²) in [4.78, 5) is 15.4. The highest BCUT2D eigenvalue weighted by atomic mass is 79.9. The van der Waals surface area contributed by atoms with Gasteiger partial charge in [0.25, 0.3) is 0 Å². The quantitative estimate of drug-likeness (QED) is 0.637. The maximum absolute atomic E-state index is 12.6. The van der Waals surface area contributed by atoms with E-state index in [0.29, 0.717) is 15.6 Å². The van der Waals surface area contributed by atoms with Crippen LogP contribution in [0.4, 0.5) is 13.2 Å². The molecule has 0 saturated carbocycles. The van der Waals surface area contributed by atoms with Crippen LogP contribution >= 0.6 is 15.9 Å². The Labute approximate surface area is 132 Å². The molecule has 1 aromatic heterocycles. The first-order valence-electron chi connectivity index (χ1n) is 6.26. The molecule has 0 atom stereocenters. The number of carbonyl (C=O) groups is 1. The fourth-order valence-corrected chi connectivity index (χ4v) is 2.69. The molecule has 1 heterocycles. The number of aromatic amines is 1. The van der Waals surface area contributed by atoms with E-state index in [0.717, 1.165) is 17.5 Å². The number of nitrogens with one attached hydrogen (secondary N) is 1. The van der Waals surface area contributed by atoms with Gasteiger partial charge in [-0.15, -0.1) is 0 Å². The summed E-state index contributed by atoms with van der Waals surface area (Å²) >= 11 is 3.32. The average molecular weight is 367 g/mol. The van der Waals surface area contributed by atoms with Crippen LogP contribution in [-0.4, -0.2) is 10.8 Å². The van der Waals surface area contributed by atoms with Crippen molar-refractivity contribution in [1.29, 1.82) is 0 Å². The number of rotatable bonds is 2. The highest BCUT2D eigenvalue weighted by Gasteiger charge is 2.30. The largest absolute Gasteiger partial charge is 0.416 e. The normalized spacial score (nSPS) is 11.8. The summed E-state index contributed by atoms with van der Waals surface area (Å²) in [5, 5.41) is 0.796. The molecular weight excluding hydrogens is 359 g/mol. The lowest BCUT2D eigenvalue weighted by atomic mass is 10.00. The van der Waals surface area contributed by atoms with Gasteiger partial charge in [0, 0.05) is 21.0 Å². The number of fused-ring (bicyclic) bond motifs is 1. The molecule has 6 heteroatoms. The molecule has 3 aromatic rings. The monoisotopic (exact) mass is 366 g/mol. The van der Waals surface area contributed by atoms with Crippen LogP contribution in [0.2, 0.25) is 0 Å². The lowest BCUT2D eigenvalue weighted by molar-refractivity contribution is -0.137. The summed E-state index contributed by atoms with van der Waals surface area (Å²) in [7, 11) is 0. The van der Waals surface area contributed by atoms with Gasteiger partial charge in [-0.2, -0.15) is 13.2 Å². The number of ketones is 1. The van der Waals surface area contributed by atoms with Gasteiger partial charge in [-0.25, -0.2) is 0 Å². The van der Waals surface area contributed by atoms with Gasteiger partial charge < -0.3 is 4.98 Å². The van der Waals surface area contributed by atoms with E-state index in [-0.39, 0.29) is 11.3 Å². The summed E-state index contributed by atoms with van der Waals surface area (Å²) in [6.07, 6.45) is -1.62. The van der Waals surface area contributed by atoms with Gasteiger partial charge in [0.1, 0.15) is 0 Å². The molecule has 0 spiro atoms. The van der Waals surface area contributed by atoms with Crippen LogP contribution in [-0.2, 0) is 6.18 Å². The molecule has 1 radical (unpaired) electrons. The molecule has 0 fully saturated rings. The van der Waals surface area contributed by atoms with E-state index < -0.39 is 11.7 Å². The molecule has 22 heavy (non-hydrogen) atoms. The van der Waals surface area contributed by atoms with Crippen LogP contribution in [0.25, 0.3) is 10.9 Å². The Hall–Kier alpha value is -2.08. The molecule has 0 bridgehead atoms. The minimum absolute atomic E-state index is 0.196. The van der Waals surface area contributed by atoms with Crippen LogP contribution < -0.4 is 0 Å². The van der Waals surface area contributed by atoms with Crippen LogP contribution in [0.15, 0.2) is 46.9 Å². The molecule has 0 aliphatic heterocycles. The fourth-order valence-electron chi connectivity index (χ4n) is 2.21. The average Bonchev–Trinajstić information content (AvgIpc) is 2.93. The Morgan fingerprint density at radius 3 is 2.45 bits per heavy atom. The number of carbonyl (C=O) groups excluding carboxylic acids is 1. The molecule has 3 rings (SSSR count). The van der Waals surface area contributed by atoms with Crippen LogP contribution in [0.5, 0.6) is 0 Å². The van der Waals surface area contributed by atoms with Crippen molar-refractivity contribution in [2.24, 2.45) is 0 Å². The standard InChI is InChI=1S/C16H8BrF3NO/c17-12-7-10-5-6-21-14(10)13(8-12)15(22)9-1-3-11(4-2-9)16(18,19)20/h1-5,7-8,21H. The van der Waals surface area contributed by atoms with E-state index in [4.69, 9.17) is 0 Å². The SMILES string of the molecule is O=C(c1ccc(C(F)(F)F)cc1)c1cc(Br)cc2c[c][nH]c12. The van der Waals surface area contributed by atoms with Gasteiger partial charge in [-0.3, -0.25) is 4.79 Å². The fraction of sp³-hybridized carbons (Fsp3) is 0.0625. The van der Waals surface area contributed by atoms with Crippen LogP contribution in [0.3, 0.4) is 0 Å². The first-order chi connectivity index (χ1) is 10.4. The third kappa shape index (κ3) is 2.66. The maximum atomic E-state index is 12.6. The number of aromatic nitrogens is 1. The number of alkyl halides is 3. The molecule has 0 aliphatic carbocycles. The molecule has 0 amide bonds. The number of hydrogen-bond acceptors (Lipinski definition) is 1. The van der Waals surface area contributed by atoms with E-state index in [1.165, 1.54) is 12.1 Å². The van der Waals surface area contributed by atoms with E-state index >= 15 is 0 Å². The zero-order valence-electron chi connectivity index (χ0n) is 11.0. The maximum Gasteiger partial charge on any atom is 0.416 e. The topological polar surface area (TPSA) is 32.9 Å². The van der Waals surface area contributed by atoms with Crippen molar-refractivity contribution in [2.75, 3.05) is 0 Å². The first kappa shape index (κ1) is 14.8.